The number of nitrogens with one attached hydrogen (secondary N) is 2. The number of anilines is 2. The highest BCUT2D eigenvalue weighted by molar-refractivity contribution is 7.89. The van der Waals surface area contributed by atoms with Gasteiger partial charge in [-0.05, 0) is 48.9 Å². The number of amides is 1. The largest absolute Gasteiger partial charge is 0.416 e. The summed E-state index contributed by atoms with van der Waals surface area (Å²) in [5, 5.41) is 5.33. The van der Waals surface area contributed by atoms with Crippen molar-refractivity contribution in [1.29, 1.82) is 0 Å². The lowest BCUT2D eigenvalue weighted by Crippen LogP contribution is -2.31. The normalized spacial score (nSPS) is 12.1. The van der Waals surface area contributed by atoms with Crippen molar-refractivity contribution >= 4 is 27.3 Å². The summed E-state index contributed by atoms with van der Waals surface area (Å²) in [6.45, 7) is 5.62. The molecule has 0 saturated heterocycles. The summed E-state index contributed by atoms with van der Waals surface area (Å²) in [6.07, 6.45) is -4.43. The number of hydrogen-bond acceptors (Lipinski definition) is 4. The van der Waals surface area contributed by atoms with Crippen molar-refractivity contribution < 1.29 is 26.4 Å². The van der Waals surface area contributed by atoms with Crippen LogP contribution in [0.25, 0.3) is 0 Å². The van der Waals surface area contributed by atoms with Gasteiger partial charge in [0.15, 0.2) is 0 Å². The molecule has 0 saturated carbocycles. The van der Waals surface area contributed by atoms with Crippen LogP contribution in [0.3, 0.4) is 0 Å². The standard InChI is InChI=1S/C20H24F3N3O3S/c1-4-26(5-2)30(28,29)18-12-17(9-6-14(18)3)25-19(27)13-24-16-10-7-15(8-11-16)20(21,22)23/h6-12,24H,4-5,13H2,1-3H3,(H,25,27). The van der Waals surface area contributed by atoms with Gasteiger partial charge in [0.25, 0.3) is 0 Å². The molecular weight excluding hydrogens is 419 g/mol. The average Bonchev–Trinajstić information content (AvgIpc) is 2.68. The minimum atomic E-state index is -4.43. The third kappa shape index (κ3) is 5.73. The number of sulfonamides is 1. The van der Waals surface area contributed by atoms with Gasteiger partial charge in [-0.2, -0.15) is 17.5 Å². The van der Waals surface area contributed by atoms with Crippen LogP contribution in [0.4, 0.5) is 24.5 Å². The first kappa shape index (κ1) is 23.7. The van der Waals surface area contributed by atoms with E-state index in [1.165, 1.54) is 22.5 Å². The number of halogens is 3. The predicted octanol–water partition coefficient (Wildman–Crippen LogP) is 4.09. The molecule has 0 spiro atoms. The molecule has 0 aromatic heterocycles. The molecule has 10 heteroatoms. The molecule has 0 aliphatic rings. The molecule has 0 aliphatic heterocycles. The highest BCUT2D eigenvalue weighted by atomic mass is 32.2. The first-order valence-corrected chi connectivity index (χ1v) is 10.7. The van der Waals surface area contributed by atoms with Gasteiger partial charge in [-0.25, -0.2) is 8.42 Å². The Kier molecular flexibility index (Phi) is 7.49. The molecule has 0 heterocycles. The number of carbonyl (C=O) groups is 1. The molecule has 1 amide bonds. The van der Waals surface area contributed by atoms with Gasteiger partial charge in [-0.15, -0.1) is 0 Å². The Bertz CT molecular complexity index is 987. The van der Waals surface area contributed by atoms with Crippen LogP contribution in [0.15, 0.2) is 47.4 Å². The van der Waals surface area contributed by atoms with E-state index in [0.29, 0.717) is 30.0 Å². The van der Waals surface area contributed by atoms with E-state index in [4.69, 9.17) is 0 Å². The molecule has 2 aromatic carbocycles. The minimum absolute atomic E-state index is 0.111. The van der Waals surface area contributed by atoms with Crippen LogP contribution in [-0.2, 0) is 21.0 Å². The van der Waals surface area contributed by atoms with E-state index in [-0.39, 0.29) is 11.4 Å². The molecule has 2 N–H and O–H groups in total. The third-order valence-corrected chi connectivity index (χ3v) is 6.65. The fraction of sp³-hybridized carbons (Fsp3) is 0.350. The molecule has 0 bridgehead atoms. The zero-order valence-corrected chi connectivity index (χ0v) is 17.7. The SMILES string of the molecule is CCN(CC)S(=O)(=O)c1cc(NC(=O)CNc2ccc(C(F)(F)F)cc2)ccc1C. The van der Waals surface area contributed by atoms with E-state index >= 15 is 0 Å². The summed E-state index contributed by atoms with van der Waals surface area (Å²) >= 11 is 0. The van der Waals surface area contributed by atoms with Crippen molar-refractivity contribution in [3.8, 4) is 0 Å². The monoisotopic (exact) mass is 443 g/mol. The Hall–Kier alpha value is -2.59. The number of carbonyl (C=O) groups excluding carboxylic acids is 1. The van der Waals surface area contributed by atoms with E-state index in [9.17, 15) is 26.4 Å². The van der Waals surface area contributed by atoms with Crippen LogP contribution in [0.2, 0.25) is 0 Å². The quantitative estimate of drug-likeness (QED) is 0.644. The van der Waals surface area contributed by atoms with E-state index in [2.05, 4.69) is 10.6 Å². The van der Waals surface area contributed by atoms with Gasteiger partial charge in [0.2, 0.25) is 15.9 Å². The van der Waals surface area contributed by atoms with Crippen LogP contribution >= 0.6 is 0 Å². The third-order valence-electron chi connectivity index (χ3n) is 4.46. The lowest BCUT2D eigenvalue weighted by atomic mass is 10.2. The van der Waals surface area contributed by atoms with Crippen molar-refractivity contribution in [2.45, 2.75) is 31.8 Å². The number of rotatable bonds is 8. The van der Waals surface area contributed by atoms with Crippen LogP contribution < -0.4 is 10.6 Å². The molecule has 0 fully saturated rings. The van der Waals surface area contributed by atoms with Gasteiger partial charge in [-0.3, -0.25) is 4.79 Å². The highest BCUT2D eigenvalue weighted by Gasteiger charge is 2.30. The van der Waals surface area contributed by atoms with Crippen molar-refractivity contribution in [1.82, 2.24) is 4.31 Å². The van der Waals surface area contributed by atoms with Crippen LogP contribution in [0.1, 0.15) is 25.0 Å². The maximum Gasteiger partial charge on any atom is 0.416 e. The molecule has 0 unspecified atom stereocenters. The summed E-state index contributed by atoms with van der Waals surface area (Å²) in [7, 11) is -3.69. The van der Waals surface area contributed by atoms with Crippen molar-refractivity contribution in [3.63, 3.8) is 0 Å². The van der Waals surface area contributed by atoms with E-state index in [1.54, 1.807) is 32.9 Å². The highest BCUT2D eigenvalue weighted by Crippen LogP contribution is 2.29. The van der Waals surface area contributed by atoms with Gasteiger partial charge >= 0.3 is 6.18 Å². The summed E-state index contributed by atoms with van der Waals surface area (Å²) < 4.78 is 64.6. The van der Waals surface area contributed by atoms with Gasteiger partial charge in [-0.1, -0.05) is 19.9 Å². The first-order chi connectivity index (χ1) is 14.0. The maximum absolute atomic E-state index is 12.8. The molecule has 2 rings (SSSR count). The van der Waals surface area contributed by atoms with E-state index in [0.717, 1.165) is 12.1 Å². The topological polar surface area (TPSA) is 78.5 Å². The van der Waals surface area contributed by atoms with Crippen LogP contribution in [0, 0.1) is 6.92 Å². The fourth-order valence-corrected chi connectivity index (χ4v) is 4.53. The van der Waals surface area contributed by atoms with Gasteiger partial charge in [0, 0.05) is 24.5 Å². The van der Waals surface area contributed by atoms with E-state index < -0.39 is 27.7 Å². The van der Waals surface area contributed by atoms with Crippen LogP contribution in [0.5, 0.6) is 0 Å². The Morgan fingerprint density at radius 3 is 2.10 bits per heavy atom. The lowest BCUT2D eigenvalue weighted by molar-refractivity contribution is -0.137. The molecular formula is C20H24F3N3O3S. The van der Waals surface area contributed by atoms with Gasteiger partial charge < -0.3 is 10.6 Å². The minimum Gasteiger partial charge on any atom is -0.376 e. The molecule has 0 radical (unpaired) electrons. The number of hydrogen-bond donors (Lipinski definition) is 2. The Labute approximate surface area is 174 Å². The molecule has 0 aliphatic carbocycles. The van der Waals surface area contributed by atoms with Crippen molar-refractivity contribution in [3.05, 3.63) is 53.6 Å². The summed E-state index contributed by atoms with van der Waals surface area (Å²) in [5.74, 6) is -0.468. The Morgan fingerprint density at radius 2 is 1.57 bits per heavy atom. The number of nitrogens with zero attached hydrogens (tertiary/aromatic N) is 1. The number of aryl methyl sites for hydroxylation is 1. The summed E-state index contributed by atoms with van der Waals surface area (Å²) in [5.41, 5.74) is 0.444. The maximum atomic E-state index is 12.8. The average molecular weight is 443 g/mol. The molecule has 6 nitrogen and oxygen atoms in total. The molecule has 164 valence electrons. The fourth-order valence-electron chi connectivity index (χ4n) is 2.82. The second kappa shape index (κ2) is 9.48. The zero-order valence-electron chi connectivity index (χ0n) is 16.9. The first-order valence-electron chi connectivity index (χ1n) is 9.30. The predicted molar refractivity (Wildman–Crippen MR) is 110 cm³/mol. The summed E-state index contributed by atoms with van der Waals surface area (Å²) in [4.78, 5) is 12.3. The second-order valence-corrected chi connectivity index (χ2v) is 8.45. The molecule has 30 heavy (non-hydrogen) atoms. The van der Waals surface area contributed by atoms with Gasteiger partial charge in [0.1, 0.15) is 0 Å². The smallest absolute Gasteiger partial charge is 0.376 e. The van der Waals surface area contributed by atoms with Crippen molar-refractivity contribution in [2.24, 2.45) is 0 Å². The second-order valence-electron chi connectivity index (χ2n) is 6.55. The number of benzene rings is 2. The Morgan fingerprint density at radius 1 is 1.00 bits per heavy atom. The van der Waals surface area contributed by atoms with Crippen molar-refractivity contribution in [2.75, 3.05) is 30.3 Å². The summed E-state index contributed by atoms with van der Waals surface area (Å²) in [6, 6.07) is 8.91. The molecule has 0 atom stereocenters. The Balaban J connectivity index is 2.07. The van der Waals surface area contributed by atoms with Crippen LogP contribution in [-0.4, -0.2) is 38.3 Å². The lowest BCUT2D eigenvalue weighted by Gasteiger charge is -2.20. The zero-order chi connectivity index (χ0) is 22.5. The number of alkyl halides is 3. The molecule has 2 aromatic rings. The van der Waals surface area contributed by atoms with Gasteiger partial charge in [0.05, 0.1) is 17.0 Å². The van der Waals surface area contributed by atoms with E-state index in [1.807, 2.05) is 0 Å².